The Morgan fingerprint density at radius 1 is 1.33 bits per heavy atom. The van der Waals surface area contributed by atoms with Gasteiger partial charge in [0, 0.05) is 25.7 Å². The van der Waals surface area contributed by atoms with Crippen molar-refractivity contribution in [2.24, 2.45) is 0 Å². The molecule has 1 unspecified atom stereocenters. The summed E-state index contributed by atoms with van der Waals surface area (Å²) < 4.78 is 0. The van der Waals surface area contributed by atoms with Gasteiger partial charge in [-0.15, -0.1) is 0 Å². The molecule has 5 heteroatoms. The van der Waals surface area contributed by atoms with E-state index in [9.17, 15) is 5.11 Å². The molecule has 18 heavy (non-hydrogen) atoms. The van der Waals surface area contributed by atoms with Gasteiger partial charge in [-0.05, 0) is 31.5 Å². The van der Waals surface area contributed by atoms with Crippen LogP contribution in [-0.4, -0.2) is 47.2 Å². The molecule has 4 nitrogen and oxygen atoms in total. The summed E-state index contributed by atoms with van der Waals surface area (Å²) in [5.41, 5.74) is 0.572. The second-order valence-electron chi connectivity index (χ2n) is 5.03. The lowest BCUT2D eigenvalue weighted by atomic mass is 10.1. The molecule has 2 fully saturated rings. The molecule has 2 saturated heterocycles. The van der Waals surface area contributed by atoms with Gasteiger partial charge in [-0.3, -0.25) is 4.90 Å². The third-order valence-electron chi connectivity index (χ3n) is 3.97. The van der Waals surface area contributed by atoms with E-state index in [1.807, 2.05) is 12.1 Å². The zero-order chi connectivity index (χ0) is 12.5. The van der Waals surface area contributed by atoms with Gasteiger partial charge in [0.2, 0.25) is 0 Å². The van der Waals surface area contributed by atoms with Crippen molar-refractivity contribution in [3.63, 3.8) is 0 Å². The first-order valence-corrected chi connectivity index (χ1v) is 6.91. The van der Waals surface area contributed by atoms with Crippen LogP contribution in [0, 0.1) is 0 Å². The molecule has 3 rings (SSSR count). The Bertz CT molecular complexity index is 440. The highest BCUT2D eigenvalue weighted by Crippen LogP contribution is 2.26. The number of aliphatic hydroxyl groups is 1. The Morgan fingerprint density at radius 3 is 3.06 bits per heavy atom. The molecule has 0 aliphatic carbocycles. The first kappa shape index (κ1) is 12.2. The standard InChI is InChI=1S/C13H18ClN3O/c14-11-3-4-13(15-12(11)9-18)17-7-6-16-5-1-2-10(16)8-17/h3-4,10,18H,1-2,5-9H2. The summed E-state index contributed by atoms with van der Waals surface area (Å²) in [7, 11) is 0. The Kier molecular flexibility index (Phi) is 3.41. The van der Waals surface area contributed by atoms with E-state index >= 15 is 0 Å². The van der Waals surface area contributed by atoms with Gasteiger partial charge in [0.25, 0.3) is 0 Å². The van der Waals surface area contributed by atoms with E-state index in [2.05, 4.69) is 14.8 Å². The van der Waals surface area contributed by atoms with E-state index in [0.29, 0.717) is 16.8 Å². The van der Waals surface area contributed by atoms with Gasteiger partial charge in [0.05, 0.1) is 17.3 Å². The van der Waals surface area contributed by atoms with Crippen molar-refractivity contribution < 1.29 is 5.11 Å². The summed E-state index contributed by atoms with van der Waals surface area (Å²) in [6, 6.07) is 4.46. The molecule has 1 aromatic rings. The van der Waals surface area contributed by atoms with Crippen LogP contribution >= 0.6 is 11.6 Å². The van der Waals surface area contributed by atoms with E-state index in [0.717, 1.165) is 25.5 Å². The van der Waals surface area contributed by atoms with E-state index in [-0.39, 0.29) is 6.61 Å². The van der Waals surface area contributed by atoms with Crippen molar-refractivity contribution in [2.45, 2.75) is 25.5 Å². The highest BCUT2D eigenvalue weighted by molar-refractivity contribution is 6.31. The number of rotatable bonds is 2. The number of aliphatic hydroxyl groups excluding tert-OH is 1. The summed E-state index contributed by atoms with van der Waals surface area (Å²) in [6.07, 6.45) is 2.60. The fraction of sp³-hybridized carbons (Fsp3) is 0.615. The van der Waals surface area contributed by atoms with Gasteiger partial charge in [-0.1, -0.05) is 11.6 Å². The average Bonchev–Trinajstić information content (AvgIpc) is 2.86. The van der Waals surface area contributed by atoms with Gasteiger partial charge < -0.3 is 10.0 Å². The lowest BCUT2D eigenvalue weighted by Gasteiger charge is -2.38. The van der Waals surface area contributed by atoms with Gasteiger partial charge in [0.1, 0.15) is 5.82 Å². The Hall–Kier alpha value is -0.840. The summed E-state index contributed by atoms with van der Waals surface area (Å²) >= 11 is 5.98. The number of pyridine rings is 1. The maximum Gasteiger partial charge on any atom is 0.129 e. The largest absolute Gasteiger partial charge is 0.390 e. The zero-order valence-electron chi connectivity index (χ0n) is 10.3. The number of aromatic nitrogens is 1. The maximum atomic E-state index is 9.22. The molecule has 2 aliphatic rings. The fourth-order valence-electron chi connectivity index (χ4n) is 2.96. The molecule has 0 saturated carbocycles. The second-order valence-corrected chi connectivity index (χ2v) is 5.44. The number of halogens is 1. The summed E-state index contributed by atoms with van der Waals surface area (Å²) in [5, 5.41) is 9.76. The fourth-order valence-corrected chi connectivity index (χ4v) is 3.12. The predicted octanol–water partition coefficient (Wildman–Crippen LogP) is 1.51. The monoisotopic (exact) mass is 267 g/mol. The molecular formula is C13H18ClN3O. The SMILES string of the molecule is OCc1nc(N2CCN3CCCC3C2)ccc1Cl. The lowest BCUT2D eigenvalue weighted by molar-refractivity contribution is 0.230. The molecule has 0 bridgehead atoms. The first-order chi connectivity index (χ1) is 8.78. The molecule has 0 aromatic carbocycles. The minimum atomic E-state index is -0.101. The molecule has 0 radical (unpaired) electrons. The van der Waals surface area contributed by atoms with E-state index in [4.69, 9.17) is 11.6 Å². The number of fused-ring (bicyclic) bond motifs is 1. The Morgan fingerprint density at radius 2 is 2.22 bits per heavy atom. The third kappa shape index (κ3) is 2.20. The van der Waals surface area contributed by atoms with Crippen LogP contribution in [0.5, 0.6) is 0 Å². The lowest BCUT2D eigenvalue weighted by Crippen LogP contribution is -2.50. The van der Waals surface area contributed by atoms with E-state index < -0.39 is 0 Å². The van der Waals surface area contributed by atoms with Gasteiger partial charge >= 0.3 is 0 Å². The smallest absolute Gasteiger partial charge is 0.129 e. The van der Waals surface area contributed by atoms with Crippen molar-refractivity contribution in [2.75, 3.05) is 31.1 Å². The van der Waals surface area contributed by atoms with Crippen molar-refractivity contribution in [3.8, 4) is 0 Å². The number of nitrogens with zero attached hydrogens (tertiary/aromatic N) is 3. The van der Waals surface area contributed by atoms with Crippen LogP contribution in [0.15, 0.2) is 12.1 Å². The minimum absolute atomic E-state index is 0.101. The number of hydrogen-bond donors (Lipinski definition) is 1. The Labute approximate surface area is 112 Å². The molecule has 3 heterocycles. The molecule has 98 valence electrons. The summed E-state index contributed by atoms with van der Waals surface area (Å²) in [5.74, 6) is 0.940. The van der Waals surface area contributed by atoms with Crippen molar-refractivity contribution in [3.05, 3.63) is 22.8 Å². The normalized spacial score (nSPS) is 24.3. The van der Waals surface area contributed by atoms with E-state index in [1.165, 1.54) is 19.4 Å². The van der Waals surface area contributed by atoms with Crippen LogP contribution in [0.1, 0.15) is 18.5 Å². The topological polar surface area (TPSA) is 39.6 Å². The van der Waals surface area contributed by atoms with Gasteiger partial charge in [-0.25, -0.2) is 4.98 Å². The molecule has 1 atom stereocenters. The van der Waals surface area contributed by atoms with Crippen molar-refractivity contribution >= 4 is 17.4 Å². The van der Waals surface area contributed by atoms with Gasteiger partial charge in [0.15, 0.2) is 0 Å². The zero-order valence-corrected chi connectivity index (χ0v) is 11.1. The Balaban J connectivity index is 1.78. The maximum absolute atomic E-state index is 9.22. The van der Waals surface area contributed by atoms with Crippen LogP contribution in [0.4, 0.5) is 5.82 Å². The molecule has 0 amide bonds. The van der Waals surface area contributed by atoms with Crippen molar-refractivity contribution in [1.82, 2.24) is 9.88 Å². The molecule has 1 N–H and O–H groups in total. The van der Waals surface area contributed by atoms with Crippen LogP contribution < -0.4 is 4.90 Å². The van der Waals surface area contributed by atoms with E-state index in [1.54, 1.807) is 0 Å². The number of piperazine rings is 1. The van der Waals surface area contributed by atoms with Crippen LogP contribution in [0.3, 0.4) is 0 Å². The highest BCUT2D eigenvalue weighted by Gasteiger charge is 2.31. The predicted molar refractivity (Wildman–Crippen MR) is 72.0 cm³/mol. The second kappa shape index (κ2) is 5.03. The molecule has 1 aromatic heterocycles. The average molecular weight is 268 g/mol. The molecular weight excluding hydrogens is 250 g/mol. The summed E-state index contributed by atoms with van der Waals surface area (Å²) in [6.45, 7) is 4.31. The number of hydrogen-bond acceptors (Lipinski definition) is 4. The third-order valence-corrected chi connectivity index (χ3v) is 4.31. The first-order valence-electron chi connectivity index (χ1n) is 6.53. The summed E-state index contributed by atoms with van der Waals surface area (Å²) in [4.78, 5) is 9.33. The van der Waals surface area contributed by atoms with Crippen LogP contribution in [0.2, 0.25) is 5.02 Å². The minimum Gasteiger partial charge on any atom is -0.390 e. The molecule has 2 aliphatic heterocycles. The van der Waals surface area contributed by atoms with Crippen LogP contribution in [0.25, 0.3) is 0 Å². The quantitative estimate of drug-likeness (QED) is 0.882. The van der Waals surface area contributed by atoms with Crippen LogP contribution in [-0.2, 0) is 6.61 Å². The number of anilines is 1. The van der Waals surface area contributed by atoms with Crippen molar-refractivity contribution in [1.29, 1.82) is 0 Å². The highest BCUT2D eigenvalue weighted by atomic mass is 35.5. The molecule has 0 spiro atoms. The van der Waals surface area contributed by atoms with Gasteiger partial charge in [-0.2, -0.15) is 0 Å².